The van der Waals surface area contributed by atoms with Crippen molar-refractivity contribution in [2.45, 2.75) is 6.42 Å². The number of benzene rings is 1. The molecule has 0 aliphatic heterocycles. The van der Waals surface area contributed by atoms with Crippen LogP contribution < -0.4 is 4.90 Å². The summed E-state index contributed by atoms with van der Waals surface area (Å²) in [6.45, 7) is 2.80. The maximum Gasteiger partial charge on any atom is 0.101 e. The number of halogens is 1. The first-order valence-electron chi connectivity index (χ1n) is 6.15. The van der Waals surface area contributed by atoms with Gasteiger partial charge in [-0.2, -0.15) is 5.26 Å². The van der Waals surface area contributed by atoms with Gasteiger partial charge in [0, 0.05) is 38.9 Å². The first-order chi connectivity index (χ1) is 9.22. The van der Waals surface area contributed by atoms with Gasteiger partial charge in [0.15, 0.2) is 0 Å². The predicted molar refractivity (Wildman–Crippen MR) is 76.7 cm³/mol. The molecule has 1 rings (SSSR count). The second kappa shape index (κ2) is 8.76. The summed E-state index contributed by atoms with van der Waals surface area (Å²) < 4.78 is 10.2. The molecule has 0 atom stereocenters. The minimum atomic E-state index is 0.602. The standard InChI is InChI=1S/C14H19ClN2O2/c1-18-8-3-6-17(7-9-19-2)14-10-13(15)5-4-12(14)11-16/h4-5,10H,3,6-9H2,1-2H3. The third-order valence-electron chi connectivity index (χ3n) is 2.76. The summed E-state index contributed by atoms with van der Waals surface area (Å²) in [5.74, 6) is 0. The topological polar surface area (TPSA) is 45.5 Å². The fourth-order valence-corrected chi connectivity index (χ4v) is 1.98. The van der Waals surface area contributed by atoms with Gasteiger partial charge in [-0.25, -0.2) is 0 Å². The van der Waals surface area contributed by atoms with E-state index in [1.54, 1.807) is 26.4 Å². The summed E-state index contributed by atoms with van der Waals surface area (Å²) in [7, 11) is 3.34. The van der Waals surface area contributed by atoms with E-state index < -0.39 is 0 Å². The lowest BCUT2D eigenvalue weighted by atomic mass is 10.1. The van der Waals surface area contributed by atoms with Gasteiger partial charge in [0.05, 0.1) is 17.9 Å². The van der Waals surface area contributed by atoms with E-state index in [-0.39, 0.29) is 0 Å². The summed E-state index contributed by atoms with van der Waals surface area (Å²) in [6.07, 6.45) is 0.887. The zero-order valence-electron chi connectivity index (χ0n) is 11.4. The van der Waals surface area contributed by atoms with Crippen molar-refractivity contribution in [2.24, 2.45) is 0 Å². The van der Waals surface area contributed by atoms with Crippen LogP contribution in [0, 0.1) is 11.3 Å². The molecule has 0 saturated heterocycles. The Bertz CT molecular complexity index is 432. The van der Waals surface area contributed by atoms with Crippen LogP contribution >= 0.6 is 11.6 Å². The molecular weight excluding hydrogens is 264 g/mol. The molecule has 0 saturated carbocycles. The Morgan fingerprint density at radius 2 is 1.95 bits per heavy atom. The molecule has 0 spiro atoms. The maximum atomic E-state index is 9.18. The number of anilines is 1. The Balaban J connectivity index is 2.88. The predicted octanol–water partition coefficient (Wildman–Crippen LogP) is 2.70. The Kier molecular flexibility index (Phi) is 7.27. The van der Waals surface area contributed by atoms with Crippen LogP contribution in [0.2, 0.25) is 5.02 Å². The smallest absolute Gasteiger partial charge is 0.101 e. The van der Waals surface area contributed by atoms with Crippen LogP contribution in [-0.2, 0) is 9.47 Å². The Morgan fingerprint density at radius 1 is 1.21 bits per heavy atom. The van der Waals surface area contributed by atoms with E-state index in [1.165, 1.54) is 0 Å². The number of hydrogen-bond donors (Lipinski definition) is 0. The van der Waals surface area contributed by atoms with E-state index in [0.29, 0.717) is 23.8 Å². The van der Waals surface area contributed by atoms with E-state index in [1.807, 2.05) is 6.07 Å². The molecule has 1 aromatic rings. The lowest BCUT2D eigenvalue weighted by molar-refractivity contribution is 0.191. The third-order valence-corrected chi connectivity index (χ3v) is 3.00. The third kappa shape index (κ3) is 5.07. The van der Waals surface area contributed by atoms with Crippen LogP contribution in [-0.4, -0.2) is 40.5 Å². The second-order valence-electron chi connectivity index (χ2n) is 4.10. The highest BCUT2D eigenvalue weighted by molar-refractivity contribution is 6.30. The first-order valence-corrected chi connectivity index (χ1v) is 6.53. The highest BCUT2D eigenvalue weighted by atomic mass is 35.5. The van der Waals surface area contributed by atoms with Crippen molar-refractivity contribution in [3.63, 3.8) is 0 Å². The van der Waals surface area contributed by atoms with Gasteiger partial charge >= 0.3 is 0 Å². The van der Waals surface area contributed by atoms with Gasteiger partial charge in [-0.1, -0.05) is 11.6 Å². The van der Waals surface area contributed by atoms with Gasteiger partial charge in [0.25, 0.3) is 0 Å². The van der Waals surface area contributed by atoms with Gasteiger partial charge in [-0.3, -0.25) is 0 Å². The van der Waals surface area contributed by atoms with E-state index >= 15 is 0 Å². The Labute approximate surface area is 119 Å². The molecular formula is C14H19ClN2O2. The largest absolute Gasteiger partial charge is 0.385 e. The number of ether oxygens (including phenoxy) is 2. The van der Waals surface area contributed by atoms with Gasteiger partial charge in [0.2, 0.25) is 0 Å². The molecule has 4 nitrogen and oxygen atoms in total. The molecule has 0 heterocycles. The zero-order chi connectivity index (χ0) is 14.1. The fraction of sp³-hybridized carbons (Fsp3) is 0.500. The van der Waals surface area contributed by atoms with Crippen LogP contribution in [0.5, 0.6) is 0 Å². The molecule has 0 aromatic heterocycles. The minimum absolute atomic E-state index is 0.602. The van der Waals surface area contributed by atoms with Crippen LogP contribution in [0.25, 0.3) is 0 Å². The van der Waals surface area contributed by atoms with Crippen LogP contribution in [0.3, 0.4) is 0 Å². The molecule has 0 radical (unpaired) electrons. The monoisotopic (exact) mass is 282 g/mol. The molecule has 104 valence electrons. The van der Waals surface area contributed by atoms with Crippen molar-refractivity contribution in [1.29, 1.82) is 5.26 Å². The average Bonchev–Trinajstić information content (AvgIpc) is 2.42. The highest BCUT2D eigenvalue weighted by Gasteiger charge is 2.11. The highest BCUT2D eigenvalue weighted by Crippen LogP contribution is 2.24. The van der Waals surface area contributed by atoms with Gasteiger partial charge in [-0.05, 0) is 24.6 Å². The lowest BCUT2D eigenvalue weighted by Crippen LogP contribution is -2.29. The molecule has 0 amide bonds. The van der Waals surface area contributed by atoms with Crippen molar-refractivity contribution in [1.82, 2.24) is 0 Å². The summed E-state index contributed by atoms with van der Waals surface area (Å²) >= 11 is 6.02. The molecule has 0 aliphatic rings. The lowest BCUT2D eigenvalue weighted by Gasteiger charge is -2.25. The summed E-state index contributed by atoms with van der Waals surface area (Å²) in [5.41, 5.74) is 1.47. The molecule has 19 heavy (non-hydrogen) atoms. The first kappa shape index (κ1) is 15.8. The van der Waals surface area contributed by atoms with Crippen LogP contribution in [0.1, 0.15) is 12.0 Å². The maximum absolute atomic E-state index is 9.18. The van der Waals surface area contributed by atoms with Crippen molar-refractivity contribution in [3.8, 4) is 6.07 Å². The van der Waals surface area contributed by atoms with E-state index in [9.17, 15) is 5.26 Å². The Morgan fingerprint density at radius 3 is 2.58 bits per heavy atom. The quantitative estimate of drug-likeness (QED) is 0.688. The second-order valence-corrected chi connectivity index (χ2v) is 4.54. The summed E-state index contributed by atoms with van der Waals surface area (Å²) in [4.78, 5) is 2.10. The van der Waals surface area contributed by atoms with Crippen LogP contribution in [0.4, 0.5) is 5.69 Å². The SMILES string of the molecule is COCCCN(CCOC)c1cc(Cl)ccc1C#N. The van der Waals surface area contributed by atoms with Crippen molar-refractivity contribution in [3.05, 3.63) is 28.8 Å². The number of hydrogen-bond acceptors (Lipinski definition) is 4. The number of rotatable bonds is 8. The minimum Gasteiger partial charge on any atom is -0.385 e. The number of nitriles is 1. The molecule has 0 fully saturated rings. The van der Waals surface area contributed by atoms with Crippen molar-refractivity contribution in [2.75, 3.05) is 45.4 Å². The number of methoxy groups -OCH3 is 2. The normalized spacial score (nSPS) is 10.2. The summed E-state index contributed by atoms with van der Waals surface area (Å²) in [5, 5.41) is 9.81. The average molecular weight is 283 g/mol. The zero-order valence-corrected chi connectivity index (χ0v) is 12.1. The summed E-state index contributed by atoms with van der Waals surface area (Å²) in [6, 6.07) is 7.49. The molecule has 1 aromatic carbocycles. The molecule has 0 bridgehead atoms. The van der Waals surface area contributed by atoms with Gasteiger partial charge in [0.1, 0.15) is 6.07 Å². The van der Waals surface area contributed by atoms with Gasteiger partial charge < -0.3 is 14.4 Å². The van der Waals surface area contributed by atoms with E-state index in [0.717, 1.165) is 25.2 Å². The molecule has 5 heteroatoms. The van der Waals surface area contributed by atoms with E-state index in [2.05, 4.69) is 11.0 Å². The molecule has 0 N–H and O–H groups in total. The van der Waals surface area contributed by atoms with E-state index in [4.69, 9.17) is 21.1 Å². The molecule has 0 aliphatic carbocycles. The number of nitrogens with zero attached hydrogens (tertiary/aromatic N) is 2. The Hall–Kier alpha value is -1.28. The van der Waals surface area contributed by atoms with Crippen LogP contribution in [0.15, 0.2) is 18.2 Å². The molecule has 0 unspecified atom stereocenters. The fourth-order valence-electron chi connectivity index (χ4n) is 1.81. The van der Waals surface area contributed by atoms with Crippen molar-refractivity contribution < 1.29 is 9.47 Å². The van der Waals surface area contributed by atoms with Gasteiger partial charge in [-0.15, -0.1) is 0 Å². The van der Waals surface area contributed by atoms with Crippen molar-refractivity contribution >= 4 is 17.3 Å².